The molecule has 1 aromatic heterocycles. The zero-order chi connectivity index (χ0) is 15.4. The number of rotatable bonds is 3. The van der Waals surface area contributed by atoms with Gasteiger partial charge in [0.1, 0.15) is 5.69 Å². The summed E-state index contributed by atoms with van der Waals surface area (Å²) in [6.45, 7) is 4.50. The molecule has 0 aliphatic carbocycles. The van der Waals surface area contributed by atoms with Gasteiger partial charge in [-0.05, 0) is 36.8 Å². The number of pyridine rings is 1. The summed E-state index contributed by atoms with van der Waals surface area (Å²) in [6.07, 6.45) is 1.69. The van der Waals surface area contributed by atoms with E-state index in [1.165, 1.54) is 5.56 Å². The summed E-state index contributed by atoms with van der Waals surface area (Å²) < 4.78 is 5.26. The highest BCUT2D eigenvalue weighted by Gasteiger charge is 2.19. The van der Waals surface area contributed by atoms with E-state index < -0.39 is 0 Å². The fourth-order valence-corrected chi connectivity index (χ4v) is 2.41. The van der Waals surface area contributed by atoms with Crippen molar-refractivity contribution in [3.8, 4) is 0 Å². The smallest absolute Gasteiger partial charge is 0.272 e. The molecule has 0 saturated carbocycles. The molecular weight excluding hydrogens is 278 g/mol. The van der Waals surface area contributed by atoms with E-state index in [4.69, 9.17) is 4.74 Å². The van der Waals surface area contributed by atoms with E-state index in [1.807, 2.05) is 31.2 Å². The Morgan fingerprint density at radius 3 is 2.68 bits per heavy atom. The van der Waals surface area contributed by atoms with Crippen molar-refractivity contribution in [2.24, 2.45) is 0 Å². The van der Waals surface area contributed by atoms with Crippen LogP contribution in [0.4, 0.5) is 11.4 Å². The van der Waals surface area contributed by atoms with E-state index in [-0.39, 0.29) is 5.91 Å². The molecule has 5 heteroatoms. The highest BCUT2D eigenvalue weighted by Crippen LogP contribution is 2.17. The van der Waals surface area contributed by atoms with Crippen LogP contribution in [-0.2, 0) is 4.74 Å². The van der Waals surface area contributed by atoms with Crippen LogP contribution >= 0.6 is 0 Å². The molecule has 3 rings (SSSR count). The minimum Gasteiger partial charge on any atom is -0.378 e. The number of aromatic nitrogens is 1. The van der Waals surface area contributed by atoms with E-state index in [2.05, 4.69) is 16.4 Å². The number of carbonyl (C=O) groups is 1. The van der Waals surface area contributed by atoms with Gasteiger partial charge in [0.25, 0.3) is 5.91 Å². The first kappa shape index (κ1) is 14.5. The Labute approximate surface area is 129 Å². The van der Waals surface area contributed by atoms with Crippen LogP contribution in [-0.4, -0.2) is 42.1 Å². The van der Waals surface area contributed by atoms with Crippen molar-refractivity contribution in [2.75, 3.05) is 31.6 Å². The summed E-state index contributed by atoms with van der Waals surface area (Å²) >= 11 is 0. The number of benzene rings is 1. The average molecular weight is 297 g/mol. The fraction of sp³-hybridized carbons (Fsp3) is 0.294. The maximum Gasteiger partial charge on any atom is 0.272 e. The molecule has 1 aliphatic heterocycles. The van der Waals surface area contributed by atoms with Crippen LogP contribution in [0.25, 0.3) is 0 Å². The quantitative estimate of drug-likeness (QED) is 0.946. The normalized spacial score (nSPS) is 14.7. The van der Waals surface area contributed by atoms with Crippen molar-refractivity contribution < 1.29 is 9.53 Å². The van der Waals surface area contributed by atoms with Gasteiger partial charge in [-0.3, -0.25) is 4.79 Å². The highest BCUT2D eigenvalue weighted by molar-refractivity contribution is 5.92. The summed E-state index contributed by atoms with van der Waals surface area (Å²) in [4.78, 5) is 18.4. The zero-order valence-corrected chi connectivity index (χ0v) is 12.6. The molecule has 114 valence electrons. The minimum atomic E-state index is -0.0367. The van der Waals surface area contributed by atoms with Crippen LogP contribution < -0.4 is 5.32 Å². The maximum absolute atomic E-state index is 12.3. The number of hydrogen-bond donors (Lipinski definition) is 1. The van der Waals surface area contributed by atoms with Crippen LogP contribution in [0.3, 0.4) is 0 Å². The summed E-state index contributed by atoms with van der Waals surface area (Å²) in [6, 6.07) is 11.8. The van der Waals surface area contributed by atoms with E-state index in [1.54, 1.807) is 17.2 Å². The molecule has 0 spiro atoms. The zero-order valence-electron chi connectivity index (χ0n) is 12.6. The van der Waals surface area contributed by atoms with E-state index in [0.29, 0.717) is 32.0 Å². The van der Waals surface area contributed by atoms with Crippen molar-refractivity contribution in [2.45, 2.75) is 6.92 Å². The van der Waals surface area contributed by atoms with Crippen molar-refractivity contribution in [1.82, 2.24) is 9.88 Å². The van der Waals surface area contributed by atoms with E-state index in [0.717, 1.165) is 11.4 Å². The van der Waals surface area contributed by atoms with Gasteiger partial charge < -0.3 is 15.0 Å². The number of morpholine rings is 1. The topological polar surface area (TPSA) is 54.5 Å². The first-order chi connectivity index (χ1) is 10.7. The summed E-state index contributed by atoms with van der Waals surface area (Å²) in [5.74, 6) is -0.0367. The number of nitrogens with zero attached hydrogens (tertiary/aromatic N) is 2. The molecule has 1 amide bonds. The largest absolute Gasteiger partial charge is 0.378 e. The number of anilines is 2. The molecule has 1 saturated heterocycles. The van der Waals surface area contributed by atoms with Crippen LogP contribution in [0.2, 0.25) is 0 Å². The Balaban J connectivity index is 1.68. The predicted octanol–water partition coefficient (Wildman–Crippen LogP) is 2.61. The highest BCUT2D eigenvalue weighted by atomic mass is 16.5. The third kappa shape index (κ3) is 3.43. The number of amides is 1. The van der Waals surface area contributed by atoms with Crippen LogP contribution in [0.5, 0.6) is 0 Å². The Kier molecular flexibility index (Phi) is 4.34. The second-order valence-corrected chi connectivity index (χ2v) is 5.33. The molecule has 0 bridgehead atoms. The van der Waals surface area contributed by atoms with Crippen LogP contribution in [0, 0.1) is 6.92 Å². The second-order valence-electron chi connectivity index (χ2n) is 5.33. The van der Waals surface area contributed by atoms with Crippen molar-refractivity contribution in [1.29, 1.82) is 0 Å². The lowest BCUT2D eigenvalue weighted by Gasteiger charge is -2.26. The maximum atomic E-state index is 12.3. The van der Waals surface area contributed by atoms with Crippen molar-refractivity contribution in [3.05, 3.63) is 53.9 Å². The van der Waals surface area contributed by atoms with E-state index in [9.17, 15) is 4.79 Å². The molecule has 0 unspecified atom stereocenters. The second kappa shape index (κ2) is 6.58. The molecule has 2 heterocycles. The Morgan fingerprint density at radius 2 is 2.00 bits per heavy atom. The lowest BCUT2D eigenvalue weighted by Crippen LogP contribution is -2.41. The third-order valence-corrected chi connectivity index (χ3v) is 3.59. The lowest BCUT2D eigenvalue weighted by molar-refractivity contribution is 0.0299. The van der Waals surface area contributed by atoms with Crippen molar-refractivity contribution in [3.63, 3.8) is 0 Å². The monoisotopic (exact) mass is 297 g/mol. The summed E-state index contributed by atoms with van der Waals surface area (Å²) in [7, 11) is 0. The van der Waals surface area contributed by atoms with Crippen LogP contribution in [0.1, 0.15) is 16.1 Å². The summed E-state index contributed by atoms with van der Waals surface area (Å²) in [5.41, 5.74) is 3.53. The Morgan fingerprint density at radius 1 is 1.18 bits per heavy atom. The first-order valence-corrected chi connectivity index (χ1v) is 7.39. The number of aryl methyl sites for hydroxylation is 1. The van der Waals surface area contributed by atoms with Gasteiger partial charge in [0.2, 0.25) is 0 Å². The number of hydrogen-bond acceptors (Lipinski definition) is 4. The molecule has 5 nitrogen and oxygen atoms in total. The molecule has 1 fully saturated rings. The third-order valence-electron chi connectivity index (χ3n) is 3.59. The number of ether oxygens (including phenoxy) is 1. The van der Waals surface area contributed by atoms with E-state index >= 15 is 0 Å². The van der Waals surface area contributed by atoms with Gasteiger partial charge in [-0.15, -0.1) is 0 Å². The molecule has 2 aromatic rings. The molecule has 0 radical (unpaired) electrons. The van der Waals surface area contributed by atoms with Gasteiger partial charge in [0.05, 0.1) is 25.1 Å². The van der Waals surface area contributed by atoms with Gasteiger partial charge in [0, 0.05) is 18.8 Å². The van der Waals surface area contributed by atoms with Gasteiger partial charge in [-0.25, -0.2) is 4.98 Å². The van der Waals surface area contributed by atoms with Gasteiger partial charge in [0.15, 0.2) is 0 Å². The molecular formula is C17H19N3O2. The minimum absolute atomic E-state index is 0.0367. The average Bonchev–Trinajstić information content (AvgIpc) is 2.56. The number of carbonyl (C=O) groups excluding carboxylic acids is 1. The van der Waals surface area contributed by atoms with Gasteiger partial charge in [-0.1, -0.05) is 12.1 Å². The standard InChI is InChI=1S/C17H19N3O2/c1-13-3-2-4-14(11-13)19-15-5-6-16(18-12-15)17(21)20-7-9-22-10-8-20/h2-6,11-12,19H,7-10H2,1H3. The Bertz CT molecular complexity index is 649. The van der Waals surface area contributed by atoms with Gasteiger partial charge >= 0.3 is 0 Å². The molecule has 0 atom stereocenters. The number of nitrogens with one attached hydrogen (secondary N) is 1. The van der Waals surface area contributed by atoms with Gasteiger partial charge in [-0.2, -0.15) is 0 Å². The van der Waals surface area contributed by atoms with Crippen LogP contribution in [0.15, 0.2) is 42.6 Å². The molecule has 22 heavy (non-hydrogen) atoms. The molecule has 1 aromatic carbocycles. The molecule has 1 N–H and O–H groups in total. The SMILES string of the molecule is Cc1cccc(Nc2ccc(C(=O)N3CCOCC3)nc2)c1. The molecule has 1 aliphatic rings. The lowest BCUT2D eigenvalue weighted by atomic mass is 10.2. The Hall–Kier alpha value is -2.40. The summed E-state index contributed by atoms with van der Waals surface area (Å²) in [5, 5.41) is 3.28. The predicted molar refractivity (Wildman–Crippen MR) is 85.4 cm³/mol. The fourth-order valence-electron chi connectivity index (χ4n) is 2.41. The van der Waals surface area contributed by atoms with Crippen molar-refractivity contribution >= 4 is 17.3 Å². The first-order valence-electron chi connectivity index (χ1n) is 7.39.